The Morgan fingerprint density at radius 3 is 2.55 bits per heavy atom. The number of hydrogen-bond acceptors (Lipinski definition) is 2. The fourth-order valence-corrected chi connectivity index (χ4v) is 4.42. The first-order chi connectivity index (χ1) is 10.8. The third-order valence-corrected chi connectivity index (χ3v) is 5.58. The SMILES string of the molecule is O=c1cc(-c2ccccc2)n(C2CCCCC2)c2ccsc12. The third-order valence-electron chi connectivity index (χ3n) is 4.66. The second-order valence-corrected chi connectivity index (χ2v) is 6.97. The average Bonchev–Trinajstić information content (AvgIpc) is 3.06. The van der Waals surface area contributed by atoms with Crippen LogP contribution in [0.4, 0.5) is 0 Å². The maximum Gasteiger partial charge on any atom is 0.199 e. The highest BCUT2D eigenvalue weighted by Crippen LogP contribution is 2.35. The fraction of sp³-hybridized carbons (Fsp3) is 0.316. The first-order valence-corrected chi connectivity index (χ1v) is 8.91. The predicted octanol–water partition coefficient (Wildman–Crippen LogP) is 5.24. The molecule has 3 aromatic rings. The van der Waals surface area contributed by atoms with Crippen LogP contribution in [-0.4, -0.2) is 4.57 Å². The van der Waals surface area contributed by atoms with Crippen molar-refractivity contribution in [1.82, 2.24) is 4.57 Å². The van der Waals surface area contributed by atoms with Crippen LogP contribution < -0.4 is 5.43 Å². The average molecular weight is 309 g/mol. The Kier molecular flexibility index (Phi) is 3.59. The van der Waals surface area contributed by atoms with Crippen LogP contribution in [0.1, 0.15) is 38.1 Å². The molecule has 2 heterocycles. The molecule has 0 radical (unpaired) electrons. The zero-order valence-corrected chi connectivity index (χ0v) is 13.3. The second-order valence-electron chi connectivity index (χ2n) is 6.06. The molecule has 0 unspecified atom stereocenters. The number of fused-ring (bicyclic) bond motifs is 1. The highest BCUT2D eigenvalue weighted by atomic mass is 32.1. The lowest BCUT2D eigenvalue weighted by Crippen LogP contribution is -2.18. The van der Waals surface area contributed by atoms with Crippen LogP contribution in [0.5, 0.6) is 0 Å². The first-order valence-electron chi connectivity index (χ1n) is 8.03. The first kappa shape index (κ1) is 13.8. The lowest BCUT2D eigenvalue weighted by atomic mass is 9.94. The minimum atomic E-state index is 0.149. The Balaban J connectivity index is 2.00. The van der Waals surface area contributed by atoms with Crippen LogP contribution in [0.3, 0.4) is 0 Å². The molecule has 1 aliphatic carbocycles. The molecule has 2 aromatic heterocycles. The monoisotopic (exact) mass is 309 g/mol. The van der Waals surface area contributed by atoms with Gasteiger partial charge in [-0.25, -0.2) is 0 Å². The Morgan fingerprint density at radius 1 is 1.00 bits per heavy atom. The minimum Gasteiger partial charge on any atom is -0.336 e. The number of rotatable bonds is 2. The van der Waals surface area contributed by atoms with Gasteiger partial charge in [-0.3, -0.25) is 4.79 Å². The third kappa shape index (κ3) is 2.30. The van der Waals surface area contributed by atoms with Crippen molar-refractivity contribution in [3.63, 3.8) is 0 Å². The summed E-state index contributed by atoms with van der Waals surface area (Å²) in [6.07, 6.45) is 6.35. The molecule has 0 amide bonds. The molecule has 0 spiro atoms. The van der Waals surface area contributed by atoms with Gasteiger partial charge < -0.3 is 4.57 Å². The van der Waals surface area contributed by atoms with Gasteiger partial charge in [0.05, 0.1) is 15.9 Å². The van der Waals surface area contributed by atoms with Gasteiger partial charge in [0.25, 0.3) is 0 Å². The van der Waals surface area contributed by atoms with Crippen molar-refractivity contribution in [3.8, 4) is 11.3 Å². The molecule has 0 atom stereocenters. The summed E-state index contributed by atoms with van der Waals surface area (Å²) in [5, 5.41) is 2.04. The molecule has 0 bridgehead atoms. The zero-order valence-electron chi connectivity index (χ0n) is 12.5. The van der Waals surface area contributed by atoms with Crippen LogP contribution in [0.25, 0.3) is 21.5 Å². The molecule has 112 valence electrons. The summed E-state index contributed by atoms with van der Waals surface area (Å²) in [6, 6.07) is 14.8. The van der Waals surface area contributed by atoms with Gasteiger partial charge >= 0.3 is 0 Å². The van der Waals surface area contributed by atoms with Gasteiger partial charge in [-0.15, -0.1) is 11.3 Å². The number of hydrogen-bond donors (Lipinski definition) is 0. The van der Waals surface area contributed by atoms with Crippen molar-refractivity contribution in [2.24, 2.45) is 0 Å². The van der Waals surface area contributed by atoms with E-state index >= 15 is 0 Å². The van der Waals surface area contributed by atoms with Crippen LogP contribution in [0, 0.1) is 0 Å². The van der Waals surface area contributed by atoms with Crippen LogP contribution in [0.2, 0.25) is 0 Å². The molecule has 1 fully saturated rings. The fourth-order valence-electron chi connectivity index (χ4n) is 3.63. The lowest BCUT2D eigenvalue weighted by Gasteiger charge is -2.28. The Labute approximate surface area is 134 Å². The topological polar surface area (TPSA) is 22.0 Å². The molecule has 4 rings (SSSR count). The predicted molar refractivity (Wildman–Crippen MR) is 93.6 cm³/mol. The number of pyridine rings is 1. The highest BCUT2D eigenvalue weighted by Gasteiger charge is 2.21. The van der Waals surface area contributed by atoms with Gasteiger partial charge in [-0.05, 0) is 29.9 Å². The molecular weight excluding hydrogens is 290 g/mol. The number of benzene rings is 1. The van der Waals surface area contributed by atoms with Crippen LogP contribution in [-0.2, 0) is 0 Å². The molecule has 2 nitrogen and oxygen atoms in total. The maximum absolute atomic E-state index is 12.5. The summed E-state index contributed by atoms with van der Waals surface area (Å²) < 4.78 is 3.33. The lowest BCUT2D eigenvalue weighted by molar-refractivity contribution is 0.362. The van der Waals surface area contributed by atoms with E-state index in [2.05, 4.69) is 22.8 Å². The summed E-state index contributed by atoms with van der Waals surface area (Å²) >= 11 is 1.56. The normalized spacial score (nSPS) is 16.2. The Hall–Kier alpha value is -1.87. The van der Waals surface area contributed by atoms with Crippen molar-refractivity contribution >= 4 is 21.6 Å². The van der Waals surface area contributed by atoms with Crippen molar-refractivity contribution in [1.29, 1.82) is 0 Å². The Bertz CT molecular complexity index is 841. The van der Waals surface area contributed by atoms with Crippen molar-refractivity contribution < 1.29 is 0 Å². The molecular formula is C19H19NOS. The van der Waals surface area contributed by atoms with E-state index in [-0.39, 0.29) is 5.43 Å². The van der Waals surface area contributed by atoms with E-state index < -0.39 is 0 Å². The zero-order chi connectivity index (χ0) is 14.9. The van der Waals surface area contributed by atoms with Gasteiger partial charge in [0.2, 0.25) is 0 Å². The van der Waals surface area contributed by atoms with E-state index in [4.69, 9.17) is 0 Å². The summed E-state index contributed by atoms with van der Waals surface area (Å²) in [5.41, 5.74) is 3.47. The van der Waals surface area contributed by atoms with Gasteiger partial charge in [-0.2, -0.15) is 0 Å². The van der Waals surface area contributed by atoms with Gasteiger partial charge in [0, 0.05) is 12.1 Å². The Morgan fingerprint density at radius 2 is 1.77 bits per heavy atom. The van der Waals surface area contributed by atoms with Crippen LogP contribution in [0.15, 0.2) is 52.6 Å². The second kappa shape index (κ2) is 5.73. The number of aromatic nitrogens is 1. The molecule has 1 aromatic carbocycles. The quantitative estimate of drug-likeness (QED) is 0.635. The maximum atomic E-state index is 12.5. The van der Waals surface area contributed by atoms with Crippen molar-refractivity contribution in [3.05, 3.63) is 58.1 Å². The van der Waals surface area contributed by atoms with E-state index in [9.17, 15) is 4.79 Å². The van der Waals surface area contributed by atoms with Crippen molar-refractivity contribution in [2.75, 3.05) is 0 Å². The molecule has 0 saturated heterocycles. The summed E-state index contributed by atoms with van der Waals surface area (Å²) in [5.74, 6) is 0. The molecule has 3 heteroatoms. The van der Waals surface area contributed by atoms with E-state index in [0.29, 0.717) is 6.04 Å². The van der Waals surface area contributed by atoms with E-state index in [1.165, 1.54) is 32.1 Å². The molecule has 0 N–H and O–H groups in total. The van der Waals surface area contributed by atoms with Gasteiger partial charge in [0.15, 0.2) is 5.43 Å². The highest BCUT2D eigenvalue weighted by molar-refractivity contribution is 7.17. The number of nitrogens with zero attached hydrogens (tertiary/aromatic N) is 1. The van der Waals surface area contributed by atoms with Gasteiger partial charge in [0.1, 0.15) is 0 Å². The summed E-state index contributed by atoms with van der Waals surface area (Å²) in [7, 11) is 0. The summed E-state index contributed by atoms with van der Waals surface area (Å²) in [6.45, 7) is 0. The van der Waals surface area contributed by atoms with Gasteiger partial charge in [-0.1, -0.05) is 49.6 Å². The minimum absolute atomic E-state index is 0.149. The molecule has 22 heavy (non-hydrogen) atoms. The molecule has 1 aliphatic rings. The van der Waals surface area contributed by atoms with Crippen molar-refractivity contribution in [2.45, 2.75) is 38.1 Å². The van der Waals surface area contributed by atoms with E-state index in [0.717, 1.165) is 21.5 Å². The molecule has 0 aliphatic heterocycles. The van der Waals surface area contributed by atoms with Crippen LogP contribution >= 0.6 is 11.3 Å². The largest absolute Gasteiger partial charge is 0.336 e. The van der Waals surface area contributed by atoms with E-state index in [1.807, 2.05) is 29.6 Å². The smallest absolute Gasteiger partial charge is 0.199 e. The number of thiophene rings is 1. The summed E-state index contributed by atoms with van der Waals surface area (Å²) in [4.78, 5) is 12.5. The molecule has 1 saturated carbocycles. The standard InChI is InChI=1S/C19H19NOS/c21-18-13-17(14-7-3-1-4-8-14)20(15-9-5-2-6-10-15)16-11-12-22-19(16)18/h1,3-4,7-8,11-13,15H,2,5-6,9-10H2. The van der Waals surface area contributed by atoms with E-state index in [1.54, 1.807) is 11.3 Å².